The number of nitrogens with one attached hydrogen (secondary N) is 1. The van der Waals surface area contributed by atoms with Gasteiger partial charge in [0.15, 0.2) is 0 Å². The third-order valence-corrected chi connectivity index (χ3v) is 5.10. The van der Waals surface area contributed by atoms with Crippen molar-refractivity contribution >= 4 is 29.6 Å². The molecular weight excluding hydrogens is 308 g/mol. The molecule has 1 rings (SSSR count). The van der Waals surface area contributed by atoms with E-state index in [0.29, 0.717) is 16.9 Å². The molecule has 2 unspecified atom stereocenters. The molecule has 126 valence electrons. The van der Waals surface area contributed by atoms with Crippen LogP contribution in [0.3, 0.4) is 0 Å². The molecule has 0 aromatic heterocycles. The molecule has 0 bridgehead atoms. The highest BCUT2D eigenvalue weighted by Crippen LogP contribution is 2.33. The SMILES string of the molecule is COC(=O)[C@H](CSC1CCC(C)C1)NC(=O)[C@@H](N)CC(=O)O. The summed E-state index contributed by atoms with van der Waals surface area (Å²) in [4.78, 5) is 34.2. The number of hydrogen-bond acceptors (Lipinski definition) is 6. The van der Waals surface area contributed by atoms with E-state index in [9.17, 15) is 14.4 Å². The molecule has 0 saturated heterocycles. The van der Waals surface area contributed by atoms with Gasteiger partial charge in [0.25, 0.3) is 0 Å². The van der Waals surface area contributed by atoms with Crippen LogP contribution in [-0.4, -0.2) is 53.1 Å². The Balaban J connectivity index is 2.51. The molecule has 7 nitrogen and oxygen atoms in total. The third-order valence-electron chi connectivity index (χ3n) is 3.68. The summed E-state index contributed by atoms with van der Waals surface area (Å²) < 4.78 is 4.69. The predicted octanol–water partition coefficient (Wildman–Crippen LogP) is 0.368. The quantitative estimate of drug-likeness (QED) is 0.549. The zero-order valence-corrected chi connectivity index (χ0v) is 13.7. The summed E-state index contributed by atoms with van der Waals surface area (Å²) in [6.45, 7) is 2.20. The van der Waals surface area contributed by atoms with E-state index in [1.165, 1.54) is 13.5 Å². The molecule has 4 N–H and O–H groups in total. The lowest BCUT2D eigenvalue weighted by molar-refractivity contribution is -0.144. The van der Waals surface area contributed by atoms with Crippen molar-refractivity contribution in [2.75, 3.05) is 12.9 Å². The zero-order chi connectivity index (χ0) is 16.7. The lowest BCUT2D eigenvalue weighted by atomic mass is 10.1. The maximum atomic E-state index is 11.8. The van der Waals surface area contributed by atoms with Crippen LogP contribution in [0.1, 0.15) is 32.6 Å². The molecule has 1 amide bonds. The fraction of sp³-hybridized carbons (Fsp3) is 0.786. The largest absolute Gasteiger partial charge is 0.481 e. The second-order valence-electron chi connectivity index (χ2n) is 5.66. The lowest BCUT2D eigenvalue weighted by Gasteiger charge is -2.20. The number of carboxylic acids is 1. The van der Waals surface area contributed by atoms with E-state index in [0.717, 1.165) is 12.8 Å². The number of hydrogen-bond donors (Lipinski definition) is 3. The van der Waals surface area contributed by atoms with Crippen LogP contribution in [0.5, 0.6) is 0 Å². The van der Waals surface area contributed by atoms with Crippen LogP contribution in [0.2, 0.25) is 0 Å². The summed E-state index contributed by atoms with van der Waals surface area (Å²) in [5.74, 6) is -1.28. The standard InChI is InChI=1S/C14H24N2O5S/c1-8-3-4-9(5-8)22-7-11(14(20)21-2)16-13(19)10(15)6-12(17)18/h8-11H,3-7,15H2,1-2H3,(H,16,19)(H,17,18)/t8?,9?,10-,11-/m0/s1. The Morgan fingerprint density at radius 2 is 2.09 bits per heavy atom. The van der Waals surface area contributed by atoms with Gasteiger partial charge in [-0.05, 0) is 25.2 Å². The van der Waals surface area contributed by atoms with Crippen LogP contribution in [0, 0.1) is 5.92 Å². The van der Waals surface area contributed by atoms with E-state index in [1.54, 1.807) is 11.8 Å². The minimum atomic E-state index is -1.18. The summed E-state index contributed by atoms with van der Waals surface area (Å²) in [5, 5.41) is 11.6. The molecule has 0 spiro atoms. The van der Waals surface area contributed by atoms with Crippen LogP contribution in [0.15, 0.2) is 0 Å². The minimum Gasteiger partial charge on any atom is -0.481 e. The normalized spacial score (nSPS) is 23.6. The molecule has 1 saturated carbocycles. The topological polar surface area (TPSA) is 119 Å². The number of carboxylic acid groups (broad SMARTS) is 1. The molecule has 8 heteroatoms. The van der Waals surface area contributed by atoms with Crippen LogP contribution in [0.25, 0.3) is 0 Å². The molecular formula is C14H24N2O5S. The molecule has 4 atom stereocenters. The van der Waals surface area contributed by atoms with Gasteiger partial charge in [-0.2, -0.15) is 11.8 Å². The van der Waals surface area contributed by atoms with Gasteiger partial charge in [0.05, 0.1) is 19.6 Å². The first-order valence-corrected chi connectivity index (χ1v) is 8.35. The molecule has 22 heavy (non-hydrogen) atoms. The van der Waals surface area contributed by atoms with Gasteiger partial charge in [-0.25, -0.2) is 4.79 Å². The number of nitrogens with two attached hydrogens (primary N) is 1. The maximum Gasteiger partial charge on any atom is 0.329 e. The number of aliphatic carboxylic acids is 1. The Kier molecular flexibility index (Phi) is 7.67. The Morgan fingerprint density at radius 3 is 2.59 bits per heavy atom. The molecule has 0 heterocycles. The zero-order valence-electron chi connectivity index (χ0n) is 12.9. The van der Waals surface area contributed by atoms with E-state index in [1.807, 2.05) is 0 Å². The summed E-state index contributed by atoms with van der Waals surface area (Å²) in [6.07, 6.45) is 2.90. The van der Waals surface area contributed by atoms with Crippen LogP contribution >= 0.6 is 11.8 Å². The van der Waals surface area contributed by atoms with Gasteiger partial charge in [-0.1, -0.05) is 6.92 Å². The van der Waals surface area contributed by atoms with E-state index in [4.69, 9.17) is 10.8 Å². The summed E-state index contributed by atoms with van der Waals surface area (Å²) >= 11 is 1.63. The predicted molar refractivity (Wildman–Crippen MR) is 83.4 cm³/mol. The van der Waals surface area contributed by atoms with Crippen molar-refractivity contribution < 1.29 is 24.2 Å². The summed E-state index contributed by atoms with van der Waals surface area (Å²) in [5.41, 5.74) is 5.49. The first kappa shape index (κ1) is 18.8. The highest BCUT2D eigenvalue weighted by molar-refractivity contribution is 8.00. The molecule has 0 aliphatic heterocycles. The van der Waals surface area contributed by atoms with Gasteiger partial charge in [0, 0.05) is 11.0 Å². The van der Waals surface area contributed by atoms with Crippen LogP contribution < -0.4 is 11.1 Å². The maximum absolute atomic E-state index is 11.8. The molecule has 0 aromatic rings. The smallest absolute Gasteiger partial charge is 0.329 e. The minimum absolute atomic E-state index is 0.398. The molecule has 1 aliphatic rings. The lowest BCUT2D eigenvalue weighted by Crippen LogP contribution is -2.50. The Morgan fingerprint density at radius 1 is 1.41 bits per heavy atom. The number of carbonyl (C=O) groups excluding carboxylic acids is 2. The van der Waals surface area contributed by atoms with Crippen LogP contribution in [0.4, 0.5) is 0 Å². The summed E-state index contributed by atoms with van der Waals surface area (Å²) in [7, 11) is 1.25. The van der Waals surface area contributed by atoms with Gasteiger partial charge in [-0.15, -0.1) is 0 Å². The van der Waals surface area contributed by atoms with Crippen molar-refractivity contribution in [3.8, 4) is 0 Å². The van der Waals surface area contributed by atoms with Crippen molar-refractivity contribution in [2.24, 2.45) is 11.7 Å². The Labute approximate surface area is 134 Å². The van der Waals surface area contributed by atoms with Crippen molar-refractivity contribution in [3.63, 3.8) is 0 Å². The Bertz CT molecular complexity index is 418. The highest BCUT2D eigenvalue weighted by Gasteiger charge is 2.28. The number of methoxy groups -OCH3 is 1. The van der Waals surface area contributed by atoms with Gasteiger partial charge in [0.2, 0.25) is 5.91 Å². The third kappa shape index (κ3) is 6.23. The Hall–Kier alpha value is -1.28. The van der Waals surface area contributed by atoms with Gasteiger partial charge < -0.3 is 20.9 Å². The fourth-order valence-corrected chi connectivity index (χ4v) is 3.86. The van der Waals surface area contributed by atoms with E-state index < -0.39 is 36.4 Å². The van der Waals surface area contributed by atoms with Crippen LogP contribution in [-0.2, 0) is 19.1 Å². The fourth-order valence-electron chi connectivity index (χ4n) is 2.41. The second-order valence-corrected chi connectivity index (χ2v) is 7.00. The number of amides is 1. The average molecular weight is 332 g/mol. The number of ether oxygens (including phenoxy) is 1. The van der Waals surface area contributed by atoms with E-state index in [2.05, 4.69) is 17.0 Å². The monoisotopic (exact) mass is 332 g/mol. The van der Waals surface area contributed by atoms with Crippen molar-refractivity contribution in [1.82, 2.24) is 5.32 Å². The van der Waals surface area contributed by atoms with Gasteiger partial charge in [-0.3, -0.25) is 9.59 Å². The molecule has 1 aliphatic carbocycles. The summed E-state index contributed by atoms with van der Waals surface area (Å²) in [6, 6.07) is -1.99. The first-order chi connectivity index (χ1) is 10.3. The molecule has 1 fully saturated rings. The molecule has 0 radical (unpaired) electrons. The van der Waals surface area contributed by atoms with Crippen molar-refractivity contribution in [1.29, 1.82) is 0 Å². The second kappa shape index (κ2) is 8.99. The van der Waals surface area contributed by atoms with E-state index in [-0.39, 0.29) is 0 Å². The first-order valence-electron chi connectivity index (χ1n) is 7.30. The number of thioether (sulfide) groups is 1. The highest BCUT2D eigenvalue weighted by atomic mass is 32.2. The van der Waals surface area contributed by atoms with E-state index >= 15 is 0 Å². The van der Waals surface area contributed by atoms with Crippen molar-refractivity contribution in [3.05, 3.63) is 0 Å². The number of esters is 1. The number of carbonyl (C=O) groups is 3. The van der Waals surface area contributed by atoms with Gasteiger partial charge >= 0.3 is 11.9 Å². The van der Waals surface area contributed by atoms with Crippen molar-refractivity contribution in [2.45, 2.75) is 49.9 Å². The number of rotatable bonds is 8. The molecule has 0 aromatic carbocycles. The average Bonchev–Trinajstić information content (AvgIpc) is 2.87. The van der Waals surface area contributed by atoms with Gasteiger partial charge in [0.1, 0.15) is 6.04 Å².